The molecule has 0 radical (unpaired) electrons. The molecule has 0 aromatic rings. The number of rotatable bonds is 3. The second-order valence-electron chi connectivity index (χ2n) is 2.82. The van der Waals surface area contributed by atoms with Crippen LogP contribution in [0.3, 0.4) is 0 Å². The summed E-state index contributed by atoms with van der Waals surface area (Å²) in [5, 5.41) is 0. The second kappa shape index (κ2) is 6.19. The van der Waals surface area contributed by atoms with Crippen molar-refractivity contribution in [2.75, 3.05) is 28.2 Å². The van der Waals surface area contributed by atoms with Gasteiger partial charge in [-0.25, -0.2) is 0 Å². The fourth-order valence-electron chi connectivity index (χ4n) is 1.19. The molecule has 0 unspecified atom stereocenters. The van der Waals surface area contributed by atoms with Gasteiger partial charge in [-0.2, -0.15) is 0 Å². The summed E-state index contributed by atoms with van der Waals surface area (Å²) in [6.45, 7) is 2.20. The summed E-state index contributed by atoms with van der Waals surface area (Å²) in [5.74, 6) is 0. The van der Waals surface area contributed by atoms with E-state index in [1.165, 1.54) is 6.42 Å². The zero-order chi connectivity index (χ0) is 7.44. The molecule has 0 aliphatic heterocycles. The van der Waals surface area contributed by atoms with Gasteiger partial charge in [-0.1, -0.05) is 6.92 Å². The Balaban J connectivity index is 0. The molecule has 0 rings (SSSR count). The average molecular weight is 207 g/mol. The molecule has 64 valence electrons. The Morgan fingerprint density at radius 2 is 1.30 bits per heavy atom. The summed E-state index contributed by atoms with van der Waals surface area (Å²) < 4.78 is 0. The Morgan fingerprint density at radius 1 is 1.00 bits per heavy atom. The SMILES string of the molecule is CCC(N(C)C)N(C)C.[GeH4]. The first kappa shape index (κ1) is 13.1. The summed E-state index contributed by atoms with van der Waals surface area (Å²) in [6, 6.07) is 0. The van der Waals surface area contributed by atoms with Gasteiger partial charge in [0.1, 0.15) is 0 Å². The normalized spacial score (nSPS) is 10.8. The molecule has 0 bridgehead atoms. The first-order valence-corrected chi connectivity index (χ1v) is 3.42. The molecule has 0 N–H and O–H groups in total. The van der Waals surface area contributed by atoms with Crippen molar-refractivity contribution in [2.45, 2.75) is 19.5 Å². The van der Waals surface area contributed by atoms with Crippen molar-refractivity contribution in [2.24, 2.45) is 0 Å². The van der Waals surface area contributed by atoms with Crippen LogP contribution >= 0.6 is 0 Å². The van der Waals surface area contributed by atoms with Crippen LogP contribution in [0.15, 0.2) is 0 Å². The fraction of sp³-hybridized carbons (Fsp3) is 1.00. The minimum absolute atomic E-state index is 0. The van der Waals surface area contributed by atoms with Crippen LogP contribution in [0.2, 0.25) is 0 Å². The standard InChI is InChI=1S/C7H18N2.GeH4/c1-6-7(8(2)3)9(4)5;/h7H,6H2,1-5H3;1H4. The Labute approximate surface area is 75.5 Å². The molecule has 2 nitrogen and oxygen atoms in total. The molecule has 0 fully saturated rings. The van der Waals surface area contributed by atoms with Gasteiger partial charge in [0.2, 0.25) is 0 Å². The van der Waals surface area contributed by atoms with Crippen LogP contribution in [0.1, 0.15) is 13.3 Å². The van der Waals surface area contributed by atoms with Crippen LogP contribution in [0, 0.1) is 0 Å². The van der Waals surface area contributed by atoms with Gasteiger partial charge in [0.15, 0.2) is 0 Å². The van der Waals surface area contributed by atoms with E-state index in [-0.39, 0.29) is 17.6 Å². The summed E-state index contributed by atoms with van der Waals surface area (Å²) in [5.41, 5.74) is 0. The zero-order valence-electron chi connectivity index (χ0n) is 7.18. The molecule has 10 heavy (non-hydrogen) atoms. The molecular weight excluding hydrogens is 185 g/mol. The van der Waals surface area contributed by atoms with Gasteiger partial charge in [0, 0.05) is 0 Å². The van der Waals surface area contributed by atoms with E-state index in [0.717, 1.165) is 0 Å². The van der Waals surface area contributed by atoms with Crippen LogP contribution < -0.4 is 0 Å². The molecule has 0 aliphatic rings. The number of nitrogens with zero attached hydrogens (tertiary/aromatic N) is 2. The summed E-state index contributed by atoms with van der Waals surface area (Å²) >= 11 is 0. The number of hydrogen-bond acceptors (Lipinski definition) is 2. The van der Waals surface area contributed by atoms with Crippen LogP contribution in [0.25, 0.3) is 0 Å². The van der Waals surface area contributed by atoms with E-state index in [2.05, 4.69) is 44.9 Å². The van der Waals surface area contributed by atoms with E-state index in [4.69, 9.17) is 0 Å². The topological polar surface area (TPSA) is 6.48 Å². The van der Waals surface area contributed by atoms with Crippen LogP contribution in [-0.2, 0) is 0 Å². The van der Waals surface area contributed by atoms with Crippen molar-refractivity contribution < 1.29 is 0 Å². The van der Waals surface area contributed by atoms with Crippen molar-refractivity contribution in [3.05, 3.63) is 0 Å². The first-order valence-electron chi connectivity index (χ1n) is 3.42. The second-order valence-corrected chi connectivity index (χ2v) is 2.82. The molecular formula is C7H22GeN2. The molecule has 0 amide bonds. The molecule has 0 aromatic carbocycles. The Morgan fingerprint density at radius 3 is 1.30 bits per heavy atom. The van der Waals surface area contributed by atoms with Crippen LogP contribution in [0.5, 0.6) is 0 Å². The van der Waals surface area contributed by atoms with Crippen molar-refractivity contribution in [1.82, 2.24) is 9.80 Å². The van der Waals surface area contributed by atoms with Crippen LogP contribution in [0.4, 0.5) is 0 Å². The Hall–Kier alpha value is 0.463. The molecule has 0 heterocycles. The molecule has 0 atom stereocenters. The van der Waals surface area contributed by atoms with Crippen molar-refractivity contribution in [1.29, 1.82) is 0 Å². The van der Waals surface area contributed by atoms with E-state index in [9.17, 15) is 0 Å². The van der Waals surface area contributed by atoms with Crippen molar-refractivity contribution in [3.63, 3.8) is 0 Å². The Bertz CT molecular complexity index is 66.0. The predicted molar refractivity (Wildman–Crippen MR) is 52.8 cm³/mol. The van der Waals surface area contributed by atoms with Gasteiger partial charge in [-0.05, 0) is 34.6 Å². The maximum atomic E-state index is 2.22. The number of hydrogen-bond donors (Lipinski definition) is 0. The van der Waals surface area contributed by atoms with Gasteiger partial charge in [0.05, 0.1) is 6.17 Å². The monoisotopic (exact) mass is 208 g/mol. The fourth-order valence-corrected chi connectivity index (χ4v) is 1.19. The van der Waals surface area contributed by atoms with E-state index in [1.54, 1.807) is 0 Å². The average Bonchev–Trinajstić information content (AvgIpc) is 1.64. The van der Waals surface area contributed by atoms with Gasteiger partial charge >= 0.3 is 17.6 Å². The summed E-state index contributed by atoms with van der Waals surface area (Å²) in [7, 11) is 8.42. The van der Waals surface area contributed by atoms with Gasteiger partial charge < -0.3 is 0 Å². The summed E-state index contributed by atoms with van der Waals surface area (Å²) in [6.07, 6.45) is 1.77. The van der Waals surface area contributed by atoms with Gasteiger partial charge in [-0.3, -0.25) is 9.80 Å². The third kappa shape index (κ3) is 4.31. The van der Waals surface area contributed by atoms with Crippen molar-refractivity contribution in [3.8, 4) is 0 Å². The minimum atomic E-state index is 0. The van der Waals surface area contributed by atoms with E-state index >= 15 is 0 Å². The quantitative estimate of drug-likeness (QED) is 0.450. The maximum absolute atomic E-state index is 2.22. The van der Waals surface area contributed by atoms with Crippen molar-refractivity contribution >= 4 is 17.6 Å². The van der Waals surface area contributed by atoms with Gasteiger partial charge in [0.25, 0.3) is 0 Å². The molecule has 0 saturated carbocycles. The predicted octanol–water partition coefficient (Wildman–Crippen LogP) is -0.606. The third-order valence-electron chi connectivity index (χ3n) is 1.56. The van der Waals surface area contributed by atoms with E-state index in [1.807, 2.05) is 0 Å². The molecule has 3 heteroatoms. The first-order chi connectivity index (χ1) is 4.09. The summed E-state index contributed by atoms with van der Waals surface area (Å²) in [4.78, 5) is 4.44. The third-order valence-corrected chi connectivity index (χ3v) is 1.56. The molecule has 0 spiro atoms. The molecule has 0 aliphatic carbocycles. The molecule has 0 saturated heterocycles. The van der Waals surface area contributed by atoms with E-state index < -0.39 is 0 Å². The Kier molecular flexibility index (Phi) is 8.10. The molecule has 0 aromatic heterocycles. The van der Waals surface area contributed by atoms with Gasteiger partial charge in [-0.15, -0.1) is 0 Å². The van der Waals surface area contributed by atoms with Crippen LogP contribution in [-0.4, -0.2) is 61.8 Å². The van der Waals surface area contributed by atoms with E-state index in [0.29, 0.717) is 6.17 Å². The zero-order valence-corrected chi connectivity index (χ0v) is 7.18.